The predicted molar refractivity (Wildman–Crippen MR) is 114 cm³/mol. The number of thiophene rings is 1. The summed E-state index contributed by atoms with van der Waals surface area (Å²) >= 11 is 2.56. The van der Waals surface area contributed by atoms with Gasteiger partial charge in [-0.2, -0.15) is 0 Å². The second-order valence-corrected chi connectivity index (χ2v) is 7.73. The maximum atomic E-state index is 12.1. The minimum Gasteiger partial charge on any atom is -0.326 e. The van der Waals surface area contributed by atoms with Crippen LogP contribution in [0.2, 0.25) is 0 Å². The van der Waals surface area contributed by atoms with Crippen LogP contribution in [0, 0.1) is 0 Å². The summed E-state index contributed by atoms with van der Waals surface area (Å²) in [6.07, 6.45) is 0. The van der Waals surface area contributed by atoms with E-state index in [9.17, 15) is 14.4 Å². The Morgan fingerprint density at radius 1 is 0.966 bits per heavy atom. The van der Waals surface area contributed by atoms with Crippen LogP contribution in [0.25, 0.3) is 0 Å². The Kier molecular flexibility index (Phi) is 6.93. The van der Waals surface area contributed by atoms with Crippen molar-refractivity contribution in [2.45, 2.75) is 11.9 Å². The molecule has 1 aromatic carbocycles. The van der Waals surface area contributed by atoms with Crippen molar-refractivity contribution >= 4 is 58.0 Å². The number of benzene rings is 1. The van der Waals surface area contributed by atoms with Crippen LogP contribution >= 0.6 is 23.1 Å². The van der Waals surface area contributed by atoms with Crippen molar-refractivity contribution in [3.63, 3.8) is 0 Å². The normalized spacial score (nSPS) is 10.2. The lowest BCUT2D eigenvalue weighted by Crippen LogP contribution is -2.15. The van der Waals surface area contributed by atoms with Crippen molar-refractivity contribution in [2.75, 3.05) is 21.7 Å². The van der Waals surface area contributed by atoms with E-state index in [2.05, 4.69) is 26.1 Å². The molecule has 3 aromatic rings. The van der Waals surface area contributed by atoms with E-state index < -0.39 is 0 Å². The highest BCUT2D eigenvalue weighted by molar-refractivity contribution is 7.99. The third-order valence-corrected chi connectivity index (χ3v) is 5.23. The van der Waals surface area contributed by atoms with Gasteiger partial charge in [-0.1, -0.05) is 23.9 Å². The monoisotopic (exact) mass is 427 g/mol. The van der Waals surface area contributed by atoms with E-state index in [1.165, 1.54) is 30.0 Å². The van der Waals surface area contributed by atoms with Crippen LogP contribution in [-0.2, 0) is 9.59 Å². The molecule has 0 fully saturated rings. The zero-order chi connectivity index (χ0) is 20.6. The zero-order valence-electron chi connectivity index (χ0n) is 15.3. The quantitative estimate of drug-likeness (QED) is 0.498. The van der Waals surface area contributed by atoms with Crippen molar-refractivity contribution in [2.24, 2.45) is 0 Å². The number of hydrogen-bond donors (Lipinski definition) is 3. The molecule has 0 spiro atoms. The highest BCUT2D eigenvalue weighted by Gasteiger charge is 2.09. The smallest absolute Gasteiger partial charge is 0.266 e. The number of carbonyl (C=O) groups excluding carboxylic acids is 3. The lowest BCUT2D eigenvalue weighted by atomic mass is 10.2. The van der Waals surface area contributed by atoms with Crippen molar-refractivity contribution in [3.05, 3.63) is 58.8 Å². The Morgan fingerprint density at radius 2 is 1.76 bits per heavy atom. The van der Waals surface area contributed by atoms with Gasteiger partial charge in [0, 0.05) is 18.3 Å². The average molecular weight is 428 g/mol. The molecule has 0 aliphatic heterocycles. The number of hydrogen-bond acceptors (Lipinski definition) is 7. The summed E-state index contributed by atoms with van der Waals surface area (Å²) in [5.74, 6) is -0.160. The van der Waals surface area contributed by atoms with Crippen LogP contribution in [0.15, 0.2) is 58.9 Å². The highest BCUT2D eigenvalue weighted by atomic mass is 32.2. The first-order chi connectivity index (χ1) is 14.0. The fraction of sp³-hybridized carbons (Fsp3) is 0.105. The number of thioether (sulfide) groups is 1. The molecule has 0 bridgehead atoms. The van der Waals surface area contributed by atoms with E-state index in [1.54, 1.807) is 48.5 Å². The van der Waals surface area contributed by atoms with Crippen LogP contribution in [0.4, 0.5) is 17.2 Å². The van der Waals surface area contributed by atoms with Gasteiger partial charge in [0.25, 0.3) is 5.91 Å². The molecule has 0 saturated heterocycles. The molecule has 2 heterocycles. The number of nitrogens with zero attached hydrogens (tertiary/aromatic N) is 2. The standard InChI is InChI=1S/C19H17N5O3S2/c1-12(25)20-13-4-2-5-14(10-13)21-17(26)11-29-18-8-7-16(23-24-18)22-19(27)15-6-3-9-28-15/h2-10H,11H2,1H3,(H,20,25)(H,21,26)(H,22,23,27). The van der Waals surface area contributed by atoms with Crippen molar-refractivity contribution in [1.82, 2.24) is 10.2 Å². The van der Waals surface area contributed by atoms with Gasteiger partial charge < -0.3 is 16.0 Å². The van der Waals surface area contributed by atoms with Gasteiger partial charge in [-0.15, -0.1) is 21.5 Å². The van der Waals surface area contributed by atoms with Crippen LogP contribution in [0.3, 0.4) is 0 Å². The number of aromatic nitrogens is 2. The molecular formula is C19H17N5O3S2. The van der Waals surface area contributed by atoms with E-state index in [1.807, 2.05) is 5.38 Å². The van der Waals surface area contributed by atoms with Gasteiger partial charge in [0.15, 0.2) is 5.82 Å². The van der Waals surface area contributed by atoms with E-state index in [4.69, 9.17) is 0 Å². The molecule has 29 heavy (non-hydrogen) atoms. The topological polar surface area (TPSA) is 113 Å². The molecule has 0 aliphatic rings. The number of carbonyl (C=O) groups is 3. The Morgan fingerprint density at radius 3 is 2.41 bits per heavy atom. The fourth-order valence-electron chi connectivity index (χ4n) is 2.26. The molecule has 148 valence electrons. The second-order valence-electron chi connectivity index (χ2n) is 5.79. The Bertz CT molecular complexity index is 1010. The molecule has 0 saturated carbocycles. The minimum atomic E-state index is -0.240. The summed E-state index contributed by atoms with van der Waals surface area (Å²) in [4.78, 5) is 35.8. The molecule has 3 rings (SSSR count). The molecule has 0 unspecified atom stereocenters. The average Bonchev–Trinajstić information content (AvgIpc) is 3.22. The minimum absolute atomic E-state index is 0.139. The summed E-state index contributed by atoms with van der Waals surface area (Å²) in [7, 11) is 0. The maximum Gasteiger partial charge on any atom is 0.266 e. The first kappa shape index (κ1) is 20.5. The summed E-state index contributed by atoms with van der Waals surface area (Å²) in [6, 6.07) is 13.7. The number of amides is 3. The molecule has 8 nitrogen and oxygen atoms in total. The molecule has 0 atom stereocenters. The molecule has 0 aliphatic carbocycles. The maximum absolute atomic E-state index is 12.1. The fourth-order valence-corrected chi connectivity index (χ4v) is 3.50. The molecule has 2 aromatic heterocycles. The summed E-state index contributed by atoms with van der Waals surface area (Å²) in [5.41, 5.74) is 1.19. The lowest BCUT2D eigenvalue weighted by Gasteiger charge is -2.08. The summed E-state index contributed by atoms with van der Waals surface area (Å²) in [5, 5.41) is 18.4. The largest absolute Gasteiger partial charge is 0.326 e. The van der Waals surface area contributed by atoms with Gasteiger partial charge in [0.05, 0.1) is 10.6 Å². The van der Waals surface area contributed by atoms with E-state index in [-0.39, 0.29) is 23.5 Å². The molecular weight excluding hydrogens is 410 g/mol. The Balaban J connectivity index is 1.49. The van der Waals surface area contributed by atoms with Gasteiger partial charge in [-0.25, -0.2) is 0 Å². The summed E-state index contributed by atoms with van der Waals surface area (Å²) < 4.78 is 0. The van der Waals surface area contributed by atoms with Crippen molar-refractivity contribution in [3.8, 4) is 0 Å². The Labute approximate surface area is 175 Å². The van der Waals surface area contributed by atoms with Crippen LogP contribution < -0.4 is 16.0 Å². The molecule has 3 N–H and O–H groups in total. The van der Waals surface area contributed by atoms with Gasteiger partial charge in [0.2, 0.25) is 11.8 Å². The second kappa shape index (κ2) is 9.80. The first-order valence-corrected chi connectivity index (χ1v) is 10.3. The van der Waals surface area contributed by atoms with Crippen LogP contribution in [0.1, 0.15) is 16.6 Å². The van der Waals surface area contributed by atoms with E-state index in [0.29, 0.717) is 27.1 Å². The molecule has 3 amide bonds. The number of nitrogens with one attached hydrogen (secondary N) is 3. The third-order valence-electron chi connectivity index (χ3n) is 3.44. The lowest BCUT2D eigenvalue weighted by molar-refractivity contribution is -0.114. The zero-order valence-corrected chi connectivity index (χ0v) is 17.0. The van der Waals surface area contributed by atoms with Crippen LogP contribution in [-0.4, -0.2) is 33.7 Å². The van der Waals surface area contributed by atoms with Gasteiger partial charge in [-0.05, 0) is 41.8 Å². The summed E-state index contributed by atoms with van der Waals surface area (Å²) in [6.45, 7) is 1.42. The highest BCUT2D eigenvalue weighted by Crippen LogP contribution is 2.19. The van der Waals surface area contributed by atoms with Gasteiger partial charge in [-0.3, -0.25) is 14.4 Å². The van der Waals surface area contributed by atoms with E-state index >= 15 is 0 Å². The van der Waals surface area contributed by atoms with Crippen molar-refractivity contribution < 1.29 is 14.4 Å². The Hall–Kier alpha value is -3.24. The van der Waals surface area contributed by atoms with Gasteiger partial charge >= 0.3 is 0 Å². The number of anilines is 3. The number of rotatable bonds is 7. The molecule has 0 radical (unpaired) electrons. The van der Waals surface area contributed by atoms with Crippen LogP contribution in [0.5, 0.6) is 0 Å². The van der Waals surface area contributed by atoms with Gasteiger partial charge in [0.1, 0.15) is 5.03 Å². The molecule has 10 heteroatoms. The van der Waals surface area contributed by atoms with Crippen molar-refractivity contribution in [1.29, 1.82) is 0 Å². The first-order valence-electron chi connectivity index (χ1n) is 8.48. The predicted octanol–water partition coefficient (Wildman–Crippen LogP) is 3.48. The third kappa shape index (κ3) is 6.40. The SMILES string of the molecule is CC(=O)Nc1cccc(NC(=O)CSc2ccc(NC(=O)c3cccs3)nn2)c1. The van der Waals surface area contributed by atoms with E-state index in [0.717, 1.165) is 0 Å².